The van der Waals surface area contributed by atoms with Crippen molar-refractivity contribution in [2.45, 2.75) is 51.1 Å². The number of nitrogens with two attached hydrogens (primary N) is 1. The van der Waals surface area contributed by atoms with Crippen LogP contribution in [0.25, 0.3) is 0 Å². The van der Waals surface area contributed by atoms with Crippen molar-refractivity contribution >= 4 is 5.97 Å². The molecule has 70 valence electrons. The van der Waals surface area contributed by atoms with Crippen LogP contribution in [0.4, 0.5) is 0 Å². The highest BCUT2D eigenvalue weighted by molar-refractivity contribution is 5.76. The van der Waals surface area contributed by atoms with Crippen LogP contribution in [0.1, 0.15) is 39.5 Å². The van der Waals surface area contributed by atoms with Gasteiger partial charge in [0.2, 0.25) is 0 Å². The lowest BCUT2D eigenvalue weighted by molar-refractivity contribution is -0.724. The Morgan fingerprint density at radius 2 is 2.33 bits per heavy atom. The number of aliphatic carboxylic acids is 1. The molecule has 0 unspecified atom stereocenters. The monoisotopic (exact) mass is 172 g/mol. The van der Waals surface area contributed by atoms with Crippen LogP contribution >= 0.6 is 0 Å². The number of rotatable bonds is 3. The van der Waals surface area contributed by atoms with Crippen molar-refractivity contribution in [3.05, 3.63) is 0 Å². The van der Waals surface area contributed by atoms with Crippen molar-refractivity contribution in [1.82, 2.24) is 0 Å². The zero-order chi connectivity index (χ0) is 9.19. The summed E-state index contributed by atoms with van der Waals surface area (Å²) < 4.78 is 0. The second-order valence-electron chi connectivity index (χ2n) is 3.69. The van der Waals surface area contributed by atoms with Gasteiger partial charge in [0.15, 0.2) is 5.54 Å². The second-order valence-corrected chi connectivity index (χ2v) is 3.69. The first kappa shape index (κ1) is 9.52. The molecule has 1 aliphatic heterocycles. The van der Waals surface area contributed by atoms with Gasteiger partial charge in [0.1, 0.15) is 0 Å². The summed E-state index contributed by atoms with van der Waals surface area (Å²) in [4.78, 5) is 11.0. The van der Waals surface area contributed by atoms with Gasteiger partial charge in [-0.05, 0) is 6.42 Å². The van der Waals surface area contributed by atoms with Gasteiger partial charge in [-0.3, -0.25) is 0 Å². The molecule has 3 N–H and O–H groups in total. The minimum absolute atomic E-state index is 0.499. The fraction of sp³-hybridized carbons (Fsp3) is 0.889. The molecule has 0 bridgehead atoms. The first-order valence-corrected chi connectivity index (χ1v) is 4.74. The third-order valence-corrected chi connectivity index (χ3v) is 3.10. The maximum Gasteiger partial charge on any atom is 0.365 e. The molecule has 1 fully saturated rings. The summed E-state index contributed by atoms with van der Waals surface area (Å²) in [6.07, 6.45) is 3.70. The van der Waals surface area contributed by atoms with Crippen LogP contribution in [-0.2, 0) is 4.79 Å². The molecule has 1 saturated heterocycles. The smallest absolute Gasteiger partial charge is 0.365 e. The zero-order valence-electron chi connectivity index (χ0n) is 7.84. The van der Waals surface area contributed by atoms with E-state index in [9.17, 15) is 4.79 Å². The van der Waals surface area contributed by atoms with E-state index in [1.165, 1.54) is 0 Å². The van der Waals surface area contributed by atoms with E-state index in [2.05, 4.69) is 12.2 Å². The molecule has 1 aliphatic rings. The number of carboxylic acids is 1. The Morgan fingerprint density at radius 3 is 2.58 bits per heavy atom. The molecule has 0 saturated carbocycles. The summed E-state index contributed by atoms with van der Waals surface area (Å²) in [5, 5.41) is 11.1. The normalized spacial score (nSPS) is 35.3. The number of hydrogen-bond acceptors (Lipinski definition) is 1. The quantitative estimate of drug-likeness (QED) is 0.645. The first-order chi connectivity index (χ1) is 5.64. The van der Waals surface area contributed by atoms with Crippen LogP contribution in [0.2, 0.25) is 0 Å². The SMILES string of the molecule is CC[C@@H]1CC[C@@](CC)(C(=O)O)[NH2+]1. The molecule has 0 aromatic carbocycles. The van der Waals surface area contributed by atoms with E-state index in [-0.39, 0.29) is 0 Å². The van der Waals surface area contributed by atoms with Crippen molar-refractivity contribution < 1.29 is 15.2 Å². The molecule has 0 amide bonds. The molecule has 12 heavy (non-hydrogen) atoms. The minimum atomic E-state index is -0.638. The van der Waals surface area contributed by atoms with Crippen LogP contribution in [0.5, 0.6) is 0 Å². The molecule has 0 radical (unpaired) electrons. The summed E-state index contributed by atoms with van der Waals surface area (Å²) in [5.74, 6) is -0.638. The molecule has 0 aromatic rings. The highest BCUT2D eigenvalue weighted by Crippen LogP contribution is 2.20. The highest BCUT2D eigenvalue weighted by atomic mass is 16.4. The lowest BCUT2D eigenvalue weighted by Crippen LogP contribution is -2.99. The van der Waals surface area contributed by atoms with Crippen molar-refractivity contribution in [3.63, 3.8) is 0 Å². The molecule has 3 heteroatoms. The average molecular weight is 172 g/mol. The van der Waals surface area contributed by atoms with Gasteiger partial charge in [0, 0.05) is 19.3 Å². The highest BCUT2D eigenvalue weighted by Gasteiger charge is 2.47. The van der Waals surface area contributed by atoms with Crippen LogP contribution < -0.4 is 5.32 Å². The Bertz CT molecular complexity index is 181. The predicted molar refractivity (Wildman–Crippen MR) is 45.9 cm³/mol. The molecular weight excluding hydrogens is 154 g/mol. The van der Waals surface area contributed by atoms with E-state index in [0.717, 1.165) is 25.7 Å². The topological polar surface area (TPSA) is 53.9 Å². The van der Waals surface area contributed by atoms with E-state index in [4.69, 9.17) is 5.11 Å². The maximum absolute atomic E-state index is 11.0. The summed E-state index contributed by atoms with van der Waals surface area (Å²) in [6, 6.07) is 0.529. The standard InChI is InChI=1S/C9H17NO2/c1-3-7-5-6-9(4-2,10-7)8(11)12/h7,10H,3-6H2,1-2H3,(H,11,12)/p+1/t7-,9+/m1/s1. The van der Waals surface area contributed by atoms with Crippen LogP contribution in [-0.4, -0.2) is 22.7 Å². The second kappa shape index (κ2) is 3.44. The minimum Gasteiger partial charge on any atom is -0.477 e. The largest absolute Gasteiger partial charge is 0.477 e. The Balaban J connectivity index is 2.66. The zero-order valence-corrected chi connectivity index (χ0v) is 7.84. The molecule has 0 spiro atoms. The summed E-state index contributed by atoms with van der Waals surface area (Å²) in [7, 11) is 0. The fourth-order valence-electron chi connectivity index (χ4n) is 2.01. The third-order valence-electron chi connectivity index (χ3n) is 3.10. The summed E-state index contributed by atoms with van der Waals surface area (Å²) in [6.45, 7) is 4.08. The lowest BCUT2D eigenvalue weighted by Gasteiger charge is -2.19. The van der Waals surface area contributed by atoms with Gasteiger partial charge in [0.05, 0.1) is 6.04 Å². The molecule has 0 aromatic heterocycles. The molecular formula is C9H18NO2+. The van der Waals surface area contributed by atoms with Gasteiger partial charge in [0.25, 0.3) is 0 Å². The summed E-state index contributed by atoms with van der Waals surface area (Å²) >= 11 is 0. The Kier molecular flexibility index (Phi) is 2.73. The third kappa shape index (κ3) is 1.46. The number of quaternary nitrogens is 1. The predicted octanol–water partition coefficient (Wildman–Crippen LogP) is 0.356. The number of carboxylic acid groups (broad SMARTS) is 1. The van der Waals surface area contributed by atoms with Crippen LogP contribution in [0.3, 0.4) is 0 Å². The molecule has 2 atom stereocenters. The Labute approximate surface area is 73.2 Å². The van der Waals surface area contributed by atoms with E-state index in [1.54, 1.807) is 0 Å². The number of carbonyl (C=O) groups is 1. The van der Waals surface area contributed by atoms with Crippen molar-refractivity contribution in [2.75, 3.05) is 0 Å². The van der Waals surface area contributed by atoms with E-state index in [1.807, 2.05) is 6.92 Å². The van der Waals surface area contributed by atoms with Gasteiger partial charge >= 0.3 is 5.97 Å². The lowest BCUT2D eigenvalue weighted by atomic mass is 9.95. The van der Waals surface area contributed by atoms with Gasteiger partial charge in [-0.25, -0.2) is 4.79 Å². The molecule has 0 aliphatic carbocycles. The molecule has 3 nitrogen and oxygen atoms in total. The number of hydrogen-bond donors (Lipinski definition) is 2. The van der Waals surface area contributed by atoms with Crippen molar-refractivity contribution in [2.24, 2.45) is 0 Å². The average Bonchev–Trinajstić information content (AvgIpc) is 2.48. The van der Waals surface area contributed by atoms with E-state index < -0.39 is 11.5 Å². The van der Waals surface area contributed by atoms with Gasteiger partial charge < -0.3 is 10.4 Å². The molecule has 1 heterocycles. The van der Waals surface area contributed by atoms with Crippen LogP contribution in [0.15, 0.2) is 0 Å². The van der Waals surface area contributed by atoms with Crippen molar-refractivity contribution in [1.29, 1.82) is 0 Å². The van der Waals surface area contributed by atoms with Gasteiger partial charge in [-0.15, -0.1) is 0 Å². The first-order valence-electron chi connectivity index (χ1n) is 4.74. The van der Waals surface area contributed by atoms with Gasteiger partial charge in [-0.1, -0.05) is 13.8 Å². The molecule has 1 rings (SSSR count). The Hall–Kier alpha value is -0.570. The van der Waals surface area contributed by atoms with Crippen molar-refractivity contribution in [3.8, 4) is 0 Å². The van der Waals surface area contributed by atoms with E-state index in [0.29, 0.717) is 6.04 Å². The Morgan fingerprint density at radius 1 is 1.67 bits per heavy atom. The van der Waals surface area contributed by atoms with E-state index >= 15 is 0 Å². The van der Waals surface area contributed by atoms with Crippen LogP contribution in [0, 0.1) is 0 Å². The fourth-order valence-corrected chi connectivity index (χ4v) is 2.01. The van der Waals surface area contributed by atoms with Gasteiger partial charge in [-0.2, -0.15) is 0 Å². The summed E-state index contributed by atoms with van der Waals surface area (Å²) in [5.41, 5.74) is -0.499. The maximum atomic E-state index is 11.0.